The van der Waals surface area contributed by atoms with Crippen LogP contribution in [0.4, 0.5) is 0 Å². The number of rotatable bonds is 5. The largest absolute Gasteiger partial charge is 0.387 e. The summed E-state index contributed by atoms with van der Waals surface area (Å²) in [5.74, 6) is -0.134. The highest BCUT2D eigenvalue weighted by atomic mass is 32.1. The van der Waals surface area contributed by atoms with E-state index >= 15 is 0 Å². The number of hydrogen-bond donors (Lipinski definition) is 2. The molecule has 0 spiro atoms. The van der Waals surface area contributed by atoms with Crippen molar-refractivity contribution in [2.24, 2.45) is 5.41 Å². The molecular weight excluding hydrogens is 262 g/mol. The number of carbonyl (C=O) groups excluding carboxylic acids is 1. The number of ether oxygens (including phenoxy) is 1. The van der Waals surface area contributed by atoms with Crippen LogP contribution in [0.2, 0.25) is 0 Å². The molecule has 1 aromatic heterocycles. The van der Waals surface area contributed by atoms with Gasteiger partial charge in [0.15, 0.2) is 0 Å². The van der Waals surface area contributed by atoms with Crippen molar-refractivity contribution >= 4 is 17.2 Å². The van der Waals surface area contributed by atoms with Crippen molar-refractivity contribution < 1.29 is 14.6 Å². The fraction of sp³-hybridized carbons (Fsp3) is 0.643. The average molecular weight is 283 g/mol. The Morgan fingerprint density at radius 2 is 2.37 bits per heavy atom. The summed E-state index contributed by atoms with van der Waals surface area (Å²) in [7, 11) is 0. The molecule has 0 unspecified atom stereocenters. The highest BCUT2D eigenvalue weighted by Gasteiger charge is 2.59. The molecule has 0 radical (unpaired) electrons. The number of aliphatic hydroxyl groups is 1. The topological polar surface area (TPSA) is 58.6 Å². The van der Waals surface area contributed by atoms with Crippen molar-refractivity contribution in [2.75, 3.05) is 13.2 Å². The van der Waals surface area contributed by atoms with E-state index in [9.17, 15) is 9.90 Å². The van der Waals surface area contributed by atoms with Crippen molar-refractivity contribution in [3.8, 4) is 0 Å². The first-order chi connectivity index (χ1) is 8.90. The molecule has 1 aliphatic rings. The van der Waals surface area contributed by atoms with Gasteiger partial charge < -0.3 is 15.2 Å². The van der Waals surface area contributed by atoms with E-state index < -0.39 is 5.60 Å². The molecule has 2 atom stereocenters. The van der Waals surface area contributed by atoms with Crippen molar-refractivity contribution in [1.29, 1.82) is 0 Å². The van der Waals surface area contributed by atoms with Gasteiger partial charge in [-0.1, -0.05) is 13.8 Å². The standard InChI is InChI=1S/C14H21NO3S/c1-4-18-11-7-14(17,13(11,2)3)9-15-12(16)10-5-6-19-8-10/h5-6,8,11,17H,4,7,9H2,1-3H3,(H,15,16)/t11-,14-/m1/s1. The van der Waals surface area contributed by atoms with Gasteiger partial charge in [0.1, 0.15) is 0 Å². The molecule has 1 aromatic rings. The van der Waals surface area contributed by atoms with Crippen molar-refractivity contribution in [3.05, 3.63) is 22.4 Å². The number of amides is 1. The first-order valence-electron chi connectivity index (χ1n) is 6.55. The lowest BCUT2D eigenvalue weighted by atomic mass is 9.56. The van der Waals surface area contributed by atoms with Crippen molar-refractivity contribution in [3.63, 3.8) is 0 Å². The Balaban J connectivity index is 1.91. The zero-order valence-electron chi connectivity index (χ0n) is 11.6. The summed E-state index contributed by atoms with van der Waals surface area (Å²) in [4.78, 5) is 11.9. The van der Waals surface area contributed by atoms with E-state index in [0.717, 1.165) is 0 Å². The van der Waals surface area contributed by atoms with Crippen LogP contribution in [0.3, 0.4) is 0 Å². The van der Waals surface area contributed by atoms with E-state index in [1.165, 1.54) is 11.3 Å². The van der Waals surface area contributed by atoms with Crippen LogP contribution >= 0.6 is 11.3 Å². The predicted octanol–water partition coefficient (Wildman–Crippen LogP) is 2.04. The second kappa shape index (κ2) is 5.23. The second-order valence-corrected chi connectivity index (χ2v) is 6.38. The molecule has 19 heavy (non-hydrogen) atoms. The van der Waals surface area contributed by atoms with Gasteiger partial charge >= 0.3 is 0 Å². The molecule has 1 amide bonds. The molecule has 106 valence electrons. The van der Waals surface area contributed by atoms with E-state index in [0.29, 0.717) is 18.6 Å². The van der Waals surface area contributed by atoms with Gasteiger partial charge in [0.25, 0.3) is 5.91 Å². The lowest BCUT2D eigenvalue weighted by molar-refractivity contribution is -0.237. The summed E-state index contributed by atoms with van der Waals surface area (Å²) < 4.78 is 5.60. The maximum atomic E-state index is 11.9. The van der Waals surface area contributed by atoms with E-state index in [-0.39, 0.29) is 24.0 Å². The van der Waals surface area contributed by atoms with Crippen LogP contribution in [0.15, 0.2) is 16.8 Å². The molecule has 1 fully saturated rings. The maximum Gasteiger partial charge on any atom is 0.252 e. The smallest absolute Gasteiger partial charge is 0.252 e. The zero-order chi connectivity index (χ0) is 14.1. The van der Waals surface area contributed by atoms with Crippen LogP contribution in [0.5, 0.6) is 0 Å². The minimum absolute atomic E-state index is 0.0561. The number of carbonyl (C=O) groups is 1. The Morgan fingerprint density at radius 1 is 1.63 bits per heavy atom. The van der Waals surface area contributed by atoms with Gasteiger partial charge in [-0.25, -0.2) is 0 Å². The van der Waals surface area contributed by atoms with E-state index in [2.05, 4.69) is 5.32 Å². The molecule has 0 aliphatic heterocycles. The summed E-state index contributed by atoms with van der Waals surface area (Å²) >= 11 is 1.48. The van der Waals surface area contributed by atoms with Crippen LogP contribution in [-0.2, 0) is 4.74 Å². The fourth-order valence-electron chi connectivity index (χ4n) is 2.48. The number of hydrogen-bond acceptors (Lipinski definition) is 4. The summed E-state index contributed by atoms with van der Waals surface area (Å²) in [6.45, 7) is 6.82. The fourth-order valence-corrected chi connectivity index (χ4v) is 3.12. The molecule has 1 aliphatic carbocycles. The van der Waals surface area contributed by atoms with Gasteiger partial charge in [-0.15, -0.1) is 0 Å². The molecule has 0 bridgehead atoms. The summed E-state index contributed by atoms with van der Waals surface area (Å²) in [6.07, 6.45) is 0.623. The highest BCUT2D eigenvalue weighted by Crippen LogP contribution is 2.50. The molecule has 1 saturated carbocycles. The van der Waals surface area contributed by atoms with Crippen LogP contribution in [-0.4, -0.2) is 35.9 Å². The molecular formula is C14H21NO3S. The quantitative estimate of drug-likeness (QED) is 0.869. The lowest BCUT2D eigenvalue weighted by Gasteiger charge is -2.57. The van der Waals surface area contributed by atoms with Gasteiger partial charge in [-0.3, -0.25) is 4.79 Å². The molecule has 5 heteroatoms. The van der Waals surface area contributed by atoms with Crippen LogP contribution in [0.1, 0.15) is 37.6 Å². The molecule has 4 nitrogen and oxygen atoms in total. The molecule has 0 saturated heterocycles. The first kappa shape index (κ1) is 14.5. The normalized spacial score (nSPS) is 28.7. The summed E-state index contributed by atoms with van der Waals surface area (Å²) in [6, 6.07) is 1.78. The molecule has 1 heterocycles. The molecule has 2 rings (SSSR count). The van der Waals surface area contributed by atoms with Crippen LogP contribution < -0.4 is 5.32 Å². The Kier molecular flexibility index (Phi) is 3.99. The first-order valence-corrected chi connectivity index (χ1v) is 7.49. The third kappa shape index (κ3) is 2.55. The van der Waals surface area contributed by atoms with Crippen LogP contribution in [0.25, 0.3) is 0 Å². The zero-order valence-corrected chi connectivity index (χ0v) is 12.4. The van der Waals surface area contributed by atoms with Crippen molar-refractivity contribution in [2.45, 2.75) is 38.9 Å². The molecule has 2 N–H and O–H groups in total. The number of thiophene rings is 1. The Morgan fingerprint density at radius 3 is 2.89 bits per heavy atom. The van der Waals surface area contributed by atoms with Crippen LogP contribution in [0, 0.1) is 5.41 Å². The Hall–Kier alpha value is -0.910. The third-order valence-electron chi connectivity index (χ3n) is 4.22. The Bertz CT molecular complexity index is 444. The van der Waals surface area contributed by atoms with E-state index in [4.69, 9.17) is 4.74 Å². The summed E-state index contributed by atoms with van der Waals surface area (Å²) in [5.41, 5.74) is -0.587. The number of nitrogens with one attached hydrogen (secondary N) is 1. The van der Waals surface area contributed by atoms with Gasteiger partial charge in [0.05, 0.1) is 11.7 Å². The highest BCUT2D eigenvalue weighted by molar-refractivity contribution is 7.08. The third-order valence-corrected chi connectivity index (χ3v) is 4.90. The summed E-state index contributed by atoms with van der Waals surface area (Å²) in [5, 5.41) is 17.1. The maximum absolute atomic E-state index is 11.9. The second-order valence-electron chi connectivity index (χ2n) is 5.60. The van der Waals surface area contributed by atoms with E-state index in [1.807, 2.05) is 26.2 Å². The lowest BCUT2D eigenvalue weighted by Crippen LogP contribution is -2.68. The molecule has 0 aromatic carbocycles. The van der Waals surface area contributed by atoms with Crippen molar-refractivity contribution in [1.82, 2.24) is 5.32 Å². The SMILES string of the molecule is CCO[C@@H]1C[C@@](O)(CNC(=O)c2ccsc2)C1(C)C. The predicted molar refractivity (Wildman–Crippen MR) is 75.4 cm³/mol. The Labute approximate surface area is 117 Å². The van der Waals surface area contributed by atoms with Gasteiger partial charge in [0.2, 0.25) is 0 Å². The minimum atomic E-state index is -0.890. The van der Waals surface area contributed by atoms with Gasteiger partial charge in [-0.2, -0.15) is 11.3 Å². The monoisotopic (exact) mass is 283 g/mol. The van der Waals surface area contributed by atoms with Gasteiger partial charge in [-0.05, 0) is 18.4 Å². The van der Waals surface area contributed by atoms with Gasteiger partial charge in [0, 0.05) is 35.9 Å². The van der Waals surface area contributed by atoms with E-state index in [1.54, 1.807) is 11.4 Å². The minimum Gasteiger partial charge on any atom is -0.387 e. The average Bonchev–Trinajstić information content (AvgIpc) is 2.89.